The smallest absolute Gasteiger partial charge is 0.150 e. The number of hydrogen-bond acceptors (Lipinski definition) is 3. The lowest BCUT2D eigenvalue weighted by Crippen LogP contribution is -2.33. The first-order valence-electron chi connectivity index (χ1n) is 5.30. The second-order valence-corrected chi connectivity index (χ2v) is 3.91. The predicted molar refractivity (Wildman–Crippen MR) is 58.1 cm³/mol. The van der Waals surface area contributed by atoms with Gasteiger partial charge in [0.15, 0.2) is 6.29 Å². The molecule has 1 saturated heterocycles. The average Bonchev–Trinajstić information content (AvgIpc) is 2.33. The molecule has 3 nitrogen and oxygen atoms in total. The molecule has 4 heteroatoms. The Morgan fingerprint density at radius 2 is 2.38 bits per heavy atom. The fourth-order valence-electron chi connectivity index (χ4n) is 1.87. The highest BCUT2D eigenvalue weighted by atomic mass is 19.1. The summed E-state index contributed by atoms with van der Waals surface area (Å²) in [5, 5.41) is 3.18. The summed E-state index contributed by atoms with van der Waals surface area (Å²) in [6.07, 6.45) is 0.517. The van der Waals surface area contributed by atoms with Crippen molar-refractivity contribution in [2.24, 2.45) is 0 Å². The molecule has 0 bridgehead atoms. The Morgan fingerprint density at radius 3 is 3.00 bits per heavy atom. The first-order chi connectivity index (χ1) is 7.72. The number of rotatable bonds is 2. The van der Waals surface area contributed by atoms with Crippen LogP contribution >= 0.6 is 0 Å². The van der Waals surface area contributed by atoms with E-state index in [0.717, 1.165) is 12.1 Å². The molecule has 0 spiro atoms. The number of halogens is 1. The Hall–Kier alpha value is -1.26. The molecule has 0 aromatic heterocycles. The molecule has 1 unspecified atom stereocenters. The number of carbonyl (C=O) groups excluding carboxylic acids is 1. The SMILES string of the molecule is Cc1cc(C2CNCCO2)c(C=O)cc1F. The standard InChI is InChI=1S/C12H14FNO2/c1-8-4-10(9(7-15)5-11(8)13)12-6-14-2-3-16-12/h4-5,7,12,14H,2-3,6H2,1H3. The van der Waals surface area contributed by atoms with E-state index in [1.165, 1.54) is 6.07 Å². The van der Waals surface area contributed by atoms with Gasteiger partial charge >= 0.3 is 0 Å². The molecule has 1 aliphatic rings. The fraction of sp³-hybridized carbons (Fsp3) is 0.417. The number of benzene rings is 1. The monoisotopic (exact) mass is 223 g/mol. The summed E-state index contributed by atoms with van der Waals surface area (Å²) < 4.78 is 18.9. The molecule has 0 aliphatic carbocycles. The molecule has 1 heterocycles. The van der Waals surface area contributed by atoms with E-state index < -0.39 is 0 Å². The molecule has 2 rings (SSSR count). The van der Waals surface area contributed by atoms with E-state index in [1.54, 1.807) is 13.0 Å². The molecular weight excluding hydrogens is 209 g/mol. The molecule has 0 radical (unpaired) electrons. The molecule has 0 saturated carbocycles. The average molecular weight is 223 g/mol. The fourth-order valence-corrected chi connectivity index (χ4v) is 1.87. The minimum atomic E-state index is -0.352. The number of hydrogen-bond donors (Lipinski definition) is 1. The highest BCUT2D eigenvalue weighted by Gasteiger charge is 2.19. The van der Waals surface area contributed by atoms with Crippen molar-refractivity contribution in [3.8, 4) is 0 Å². The summed E-state index contributed by atoms with van der Waals surface area (Å²) in [5.41, 5.74) is 1.67. The van der Waals surface area contributed by atoms with Crippen LogP contribution in [-0.2, 0) is 4.74 Å². The van der Waals surface area contributed by atoms with E-state index in [4.69, 9.17) is 4.74 Å². The Kier molecular flexibility index (Phi) is 3.31. The molecule has 0 amide bonds. The van der Waals surface area contributed by atoms with Gasteiger partial charge in [0.2, 0.25) is 0 Å². The molecule has 86 valence electrons. The maximum Gasteiger partial charge on any atom is 0.150 e. The summed E-state index contributed by atoms with van der Waals surface area (Å²) in [4.78, 5) is 10.9. The number of aryl methyl sites for hydroxylation is 1. The second kappa shape index (κ2) is 4.72. The van der Waals surface area contributed by atoms with E-state index >= 15 is 0 Å². The Morgan fingerprint density at radius 1 is 1.56 bits per heavy atom. The van der Waals surface area contributed by atoms with Gasteiger partial charge in [0, 0.05) is 18.7 Å². The van der Waals surface area contributed by atoms with Crippen molar-refractivity contribution >= 4 is 6.29 Å². The number of morpholine rings is 1. The van der Waals surface area contributed by atoms with Gasteiger partial charge in [-0.3, -0.25) is 4.79 Å². The summed E-state index contributed by atoms with van der Waals surface area (Å²) in [6, 6.07) is 2.96. The molecule has 1 aliphatic heterocycles. The van der Waals surface area contributed by atoms with Crippen molar-refractivity contribution < 1.29 is 13.9 Å². The van der Waals surface area contributed by atoms with E-state index in [0.29, 0.717) is 30.6 Å². The molecule has 1 atom stereocenters. The lowest BCUT2D eigenvalue weighted by atomic mass is 9.99. The van der Waals surface area contributed by atoms with Crippen LogP contribution in [0.1, 0.15) is 27.6 Å². The molecule has 1 fully saturated rings. The largest absolute Gasteiger partial charge is 0.371 e. The van der Waals surface area contributed by atoms with Crippen molar-refractivity contribution in [1.82, 2.24) is 5.32 Å². The molecule has 1 aromatic rings. The van der Waals surface area contributed by atoms with E-state index in [1.807, 2.05) is 0 Å². The maximum atomic E-state index is 13.3. The minimum absolute atomic E-state index is 0.159. The zero-order chi connectivity index (χ0) is 11.5. The van der Waals surface area contributed by atoms with Crippen LogP contribution in [0.25, 0.3) is 0 Å². The normalized spacial score (nSPS) is 20.8. The second-order valence-electron chi connectivity index (χ2n) is 3.91. The lowest BCUT2D eigenvalue weighted by Gasteiger charge is -2.25. The van der Waals surface area contributed by atoms with Crippen LogP contribution in [0.15, 0.2) is 12.1 Å². The Balaban J connectivity index is 2.37. The molecular formula is C12H14FNO2. The zero-order valence-electron chi connectivity index (χ0n) is 9.13. The summed E-state index contributed by atoms with van der Waals surface area (Å²) in [5.74, 6) is -0.352. The molecule has 1 aromatic carbocycles. The first-order valence-corrected chi connectivity index (χ1v) is 5.30. The van der Waals surface area contributed by atoms with Gasteiger partial charge in [-0.2, -0.15) is 0 Å². The molecule has 1 N–H and O–H groups in total. The third-order valence-corrected chi connectivity index (χ3v) is 2.77. The van der Waals surface area contributed by atoms with Crippen LogP contribution in [0.5, 0.6) is 0 Å². The number of aldehydes is 1. The van der Waals surface area contributed by atoms with Crippen LogP contribution < -0.4 is 5.32 Å². The minimum Gasteiger partial charge on any atom is -0.371 e. The highest BCUT2D eigenvalue weighted by Crippen LogP contribution is 2.24. The van der Waals surface area contributed by atoms with Gasteiger partial charge in [0.25, 0.3) is 0 Å². The maximum absolute atomic E-state index is 13.3. The quantitative estimate of drug-likeness (QED) is 0.774. The predicted octanol–water partition coefficient (Wildman–Crippen LogP) is 1.61. The van der Waals surface area contributed by atoms with Gasteiger partial charge in [-0.05, 0) is 30.2 Å². The van der Waals surface area contributed by atoms with Gasteiger partial charge < -0.3 is 10.1 Å². The van der Waals surface area contributed by atoms with E-state index in [9.17, 15) is 9.18 Å². The Bertz CT molecular complexity index is 400. The Labute approximate surface area is 93.6 Å². The van der Waals surface area contributed by atoms with Crippen LogP contribution in [0, 0.1) is 12.7 Å². The van der Waals surface area contributed by atoms with Crippen molar-refractivity contribution in [3.63, 3.8) is 0 Å². The van der Waals surface area contributed by atoms with Crippen LogP contribution in [-0.4, -0.2) is 26.0 Å². The van der Waals surface area contributed by atoms with Gasteiger partial charge in [-0.1, -0.05) is 0 Å². The number of nitrogens with one attached hydrogen (secondary N) is 1. The van der Waals surface area contributed by atoms with E-state index in [2.05, 4.69) is 5.32 Å². The summed E-state index contributed by atoms with van der Waals surface area (Å²) >= 11 is 0. The number of carbonyl (C=O) groups is 1. The van der Waals surface area contributed by atoms with Crippen molar-refractivity contribution in [2.45, 2.75) is 13.0 Å². The zero-order valence-corrected chi connectivity index (χ0v) is 9.13. The van der Waals surface area contributed by atoms with Crippen molar-refractivity contribution in [3.05, 3.63) is 34.6 Å². The van der Waals surface area contributed by atoms with Crippen LogP contribution in [0.3, 0.4) is 0 Å². The molecule has 16 heavy (non-hydrogen) atoms. The highest BCUT2D eigenvalue weighted by molar-refractivity contribution is 5.77. The van der Waals surface area contributed by atoms with E-state index in [-0.39, 0.29) is 11.9 Å². The number of ether oxygens (including phenoxy) is 1. The van der Waals surface area contributed by atoms with Crippen molar-refractivity contribution in [1.29, 1.82) is 0 Å². The van der Waals surface area contributed by atoms with Gasteiger partial charge in [-0.25, -0.2) is 4.39 Å². The topological polar surface area (TPSA) is 38.3 Å². The van der Waals surface area contributed by atoms with Gasteiger partial charge in [0.05, 0.1) is 12.7 Å². The lowest BCUT2D eigenvalue weighted by molar-refractivity contribution is 0.0272. The third-order valence-electron chi connectivity index (χ3n) is 2.77. The summed E-state index contributed by atoms with van der Waals surface area (Å²) in [7, 11) is 0. The van der Waals surface area contributed by atoms with Gasteiger partial charge in [-0.15, -0.1) is 0 Å². The summed E-state index contributed by atoms with van der Waals surface area (Å²) in [6.45, 7) is 3.77. The van der Waals surface area contributed by atoms with Crippen molar-refractivity contribution in [2.75, 3.05) is 19.7 Å². The third kappa shape index (κ3) is 2.13. The first kappa shape index (κ1) is 11.2. The van der Waals surface area contributed by atoms with Crippen LogP contribution in [0.4, 0.5) is 4.39 Å². The van der Waals surface area contributed by atoms with Crippen LogP contribution in [0.2, 0.25) is 0 Å². The van der Waals surface area contributed by atoms with Gasteiger partial charge in [0.1, 0.15) is 5.82 Å².